The summed E-state index contributed by atoms with van der Waals surface area (Å²) in [5.74, 6) is 0.207. The van der Waals surface area contributed by atoms with Crippen LogP contribution in [-0.4, -0.2) is 28.1 Å². The topological polar surface area (TPSA) is 62.2 Å². The van der Waals surface area contributed by atoms with E-state index in [1.54, 1.807) is 12.3 Å². The maximum atomic E-state index is 11.8. The molecule has 2 rings (SSSR count). The molecule has 1 aliphatic carbocycles. The molecule has 1 aliphatic rings. The zero-order chi connectivity index (χ0) is 13.0. The minimum atomic E-state index is -0.495. The van der Waals surface area contributed by atoms with Crippen LogP contribution in [0.3, 0.4) is 0 Å². The molecule has 96 valence electrons. The first-order chi connectivity index (χ1) is 8.64. The van der Waals surface area contributed by atoms with Crippen LogP contribution in [0.15, 0.2) is 30.5 Å². The molecule has 0 saturated heterocycles. The van der Waals surface area contributed by atoms with E-state index in [2.05, 4.69) is 10.3 Å². The molecule has 1 atom stereocenters. The maximum absolute atomic E-state index is 11.8. The molecule has 1 fully saturated rings. The van der Waals surface area contributed by atoms with Gasteiger partial charge in [0.25, 0.3) is 0 Å². The van der Waals surface area contributed by atoms with Crippen LogP contribution in [0.2, 0.25) is 0 Å². The molecule has 1 heterocycles. The summed E-state index contributed by atoms with van der Waals surface area (Å²) in [5, 5.41) is 12.3. The molecule has 1 saturated carbocycles. The molecule has 0 aromatic carbocycles. The number of rotatable bonds is 5. The largest absolute Gasteiger partial charge is 0.394 e. The molecule has 18 heavy (non-hydrogen) atoms. The number of nitrogens with one attached hydrogen (secondary N) is 1. The van der Waals surface area contributed by atoms with E-state index in [4.69, 9.17) is 0 Å². The molecule has 0 aliphatic heterocycles. The fraction of sp³-hybridized carbons (Fsp3) is 0.429. The van der Waals surface area contributed by atoms with Crippen LogP contribution in [-0.2, 0) is 4.79 Å². The lowest BCUT2D eigenvalue weighted by atomic mass is 9.97. The summed E-state index contributed by atoms with van der Waals surface area (Å²) in [6.45, 7) is 1.86. The molecule has 1 aromatic rings. The molecule has 0 radical (unpaired) electrons. The van der Waals surface area contributed by atoms with Gasteiger partial charge in [0.2, 0.25) is 5.91 Å². The molecule has 1 unspecified atom stereocenters. The normalized spacial score (nSPS) is 18.6. The first kappa shape index (κ1) is 12.8. The fourth-order valence-corrected chi connectivity index (χ4v) is 1.95. The van der Waals surface area contributed by atoms with Crippen molar-refractivity contribution in [1.29, 1.82) is 0 Å². The molecule has 1 amide bonds. The molecule has 4 nitrogen and oxygen atoms in total. The summed E-state index contributed by atoms with van der Waals surface area (Å²) in [6.07, 6.45) is 6.95. The minimum Gasteiger partial charge on any atom is -0.394 e. The van der Waals surface area contributed by atoms with E-state index in [9.17, 15) is 9.90 Å². The highest BCUT2D eigenvalue weighted by Crippen LogP contribution is 2.39. The third-order valence-electron chi connectivity index (χ3n) is 3.31. The lowest BCUT2D eigenvalue weighted by Gasteiger charge is -2.28. The summed E-state index contributed by atoms with van der Waals surface area (Å²) in [5.41, 5.74) is 0.246. The van der Waals surface area contributed by atoms with E-state index >= 15 is 0 Å². The van der Waals surface area contributed by atoms with Crippen molar-refractivity contribution in [2.24, 2.45) is 5.92 Å². The molecule has 1 aromatic heterocycles. The monoisotopic (exact) mass is 246 g/mol. The van der Waals surface area contributed by atoms with Crippen molar-refractivity contribution < 1.29 is 9.90 Å². The second kappa shape index (κ2) is 5.31. The number of carbonyl (C=O) groups excluding carboxylic acids is 1. The number of pyridine rings is 1. The van der Waals surface area contributed by atoms with Gasteiger partial charge in [-0.3, -0.25) is 9.78 Å². The zero-order valence-electron chi connectivity index (χ0n) is 10.5. The molecule has 2 N–H and O–H groups in total. The first-order valence-electron chi connectivity index (χ1n) is 6.16. The molecular formula is C14H18N2O2. The second-order valence-electron chi connectivity index (χ2n) is 4.93. The number of carbonyl (C=O) groups is 1. The van der Waals surface area contributed by atoms with Crippen molar-refractivity contribution in [2.75, 3.05) is 6.61 Å². The second-order valence-corrected chi connectivity index (χ2v) is 4.93. The van der Waals surface area contributed by atoms with E-state index in [1.807, 2.05) is 25.1 Å². The number of aliphatic hydroxyl groups excluding tert-OH is 1. The maximum Gasteiger partial charge on any atom is 0.244 e. The van der Waals surface area contributed by atoms with Crippen LogP contribution >= 0.6 is 0 Å². The number of amides is 1. The Labute approximate surface area is 107 Å². The van der Waals surface area contributed by atoms with Crippen molar-refractivity contribution in [1.82, 2.24) is 10.3 Å². The Hall–Kier alpha value is -1.68. The highest BCUT2D eigenvalue weighted by atomic mass is 16.3. The number of hydrogen-bond donors (Lipinski definition) is 2. The number of aliphatic hydroxyl groups is 1. The van der Waals surface area contributed by atoms with Gasteiger partial charge in [-0.15, -0.1) is 0 Å². The van der Waals surface area contributed by atoms with E-state index in [-0.39, 0.29) is 12.5 Å². The smallest absolute Gasteiger partial charge is 0.244 e. The lowest BCUT2D eigenvalue weighted by molar-refractivity contribution is -0.119. The Morgan fingerprint density at radius 1 is 1.61 bits per heavy atom. The van der Waals surface area contributed by atoms with Gasteiger partial charge in [-0.2, -0.15) is 0 Å². The van der Waals surface area contributed by atoms with Gasteiger partial charge in [-0.1, -0.05) is 6.07 Å². The van der Waals surface area contributed by atoms with Gasteiger partial charge in [0, 0.05) is 12.3 Å². The van der Waals surface area contributed by atoms with E-state index in [0.29, 0.717) is 5.92 Å². The van der Waals surface area contributed by atoms with Gasteiger partial charge in [-0.05, 0) is 43.9 Å². The third-order valence-corrected chi connectivity index (χ3v) is 3.31. The average Bonchev–Trinajstić information content (AvgIpc) is 3.22. The SMILES string of the molecule is CC(CO)(NC(=O)/C=C/c1ccccn1)C1CC1. The van der Waals surface area contributed by atoms with Gasteiger partial charge in [0.05, 0.1) is 17.8 Å². The van der Waals surface area contributed by atoms with Crippen LogP contribution in [0.25, 0.3) is 6.08 Å². The summed E-state index contributed by atoms with van der Waals surface area (Å²) < 4.78 is 0. The van der Waals surface area contributed by atoms with Gasteiger partial charge < -0.3 is 10.4 Å². The predicted octanol–water partition coefficient (Wildman–Crippen LogP) is 1.37. The first-order valence-corrected chi connectivity index (χ1v) is 6.16. The molecular weight excluding hydrogens is 228 g/mol. The highest BCUT2D eigenvalue weighted by Gasteiger charge is 2.41. The van der Waals surface area contributed by atoms with Crippen molar-refractivity contribution >= 4 is 12.0 Å². The summed E-state index contributed by atoms with van der Waals surface area (Å²) in [6, 6.07) is 5.52. The lowest BCUT2D eigenvalue weighted by Crippen LogP contribution is -2.50. The third kappa shape index (κ3) is 3.17. The van der Waals surface area contributed by atoms with Crippen LogP contribution in [0.4, 0.5) is 0 Å². The molecule has 0 spiro atoms. The summed E-state index contributed by atoms with van der Waals surface area (Å²) in [7, 11) is 0. The van der Waals surface area contributed by atoms with Crippen LogP contribution < -0.4 is 5.32 Å². The van der Waals surface area contributed by atoms with Crippen LogP contribution in [0, 0.1) is 5.92 Å². The fourth-order valence-electron chi connectivity index (χ4n) is 1.95. The van der Waals surface area contributed by atoms with Gasteiger partial charge in [0.1, 0.15) is 0 Å². The summed E-state index contributed by atoms with van der Waals surface area (Å²) >= 11 is 0. The van der Waals surface area contributed by atoms with Crippen molar-refractivity contribution in [3.8, 4) is 0 Å². The number of nitrogens with zero attached hydrogens (tertiary/aromatic N) is 1. The van der Waals surface area contributed by atoms with Crippen LogP contribution in [0.1, 0.15) is 25.5 Å². The average molecular weight is 246 g/mol. The van der Waals surface area contributed by atoms with Crippen LogP contribution in [0.5, 0.6) is 0 Å². The quantitative estimate of drug-likeness (QED) is 0.771. The number of aromatic nitrogens is 1. The van der Waals surface area contributed by atoms with Gasteiger partial charge in [-0.25, -0.2) is 0 Å². The van der Waals surface area contributed by atoms with Crippen molar-refractivity contribution in [3.63, 3.8) is 0 Å². The Balaban J connectivity index is 1.94. The molecule has 0 bridgehead atoms. The Morgan fingerprint density at radius 3 is 2.94 bits per heavy atom. The standard InChI is InChI=1S/C14H18N2O2/c1-14(10-17,11-5-6-11)16-13(18)8-7-12-4-2-3-9-15-12/h2-4,7-9,11,17H,5-6,10H2,1H3,(H,16,18)/b8-7+. The predicted molar refractivity (Wildman–Crippen MR) is 69.6 cm³/mol. The Kier molecular flexibility index (Phi) is 3.77. The van der Waals surface area contributed by atoms with E-state index in [0.717, 1.165) is 18.5 Å². The van der Waals surface area contributed by atoms with Gasteiger partial charge in [0.15, 0.2) is 0 Å². The van der Waals surface area contributed by atoms with E-state index in [1.165, 1.54) is 6.08 Å². The minimum absolute atomic E-state index is 0.0270. The zero-order valence-corrected chi connectivity index (χ0v) is 10.5. The Bertz CT molecular complexity index is 440. The molecule has 4 heteroatoms. The number of hydrogen-bond acceptors (Lipinski definition) is 3. The van der Waals surface area contributed by atoms with Gasteiger partial charge >= 0.3 is 0 Å². The Morgan fingerprint density at radius 2 is 2.39 bits per heavy atom. The highest BCUT2D eigenvalue weighted by molar-refractivity contribution is 5.92. The van der Waals surface area contributed by atoms with E-state index < -0.39 is 5.54 Å². The van der Waals surface area contributed by atoms with Crippen molar-refractivity contribution in [3.05, 3.63) is 36.2 Å². The summed E-state index contributed by atoms with van der Waals surface area (Å²) in [4.78, 5) is 15.9. The van der Waals surface area contributed by atoms with Crippen molar-refractivity contribution in [2.45, 2.75) is 25.3 Å².